The molecule has 0 unspecified atom stereocenters. The third kappa shape index (κ3) is 5.19. The van der Waals surface area contributed by atoms with E-state index in [2.05, 4.69) is 4.98 Å². The molecule has 2 amide bonds. The van der Waals surface area contributed by atoms with Crippen molar-refractivity contribution in [1.29, 1.82) is 0 Å². The number of rotatable bonds is 7. The molecule has 2 N–H and O–H groups in total. The quantitative estimate of drug-likeness (QED) is 0.448. The van der Waals surface area contributed by atoms with E-state index < -0.39 is 11.3 Å². The van der Waals surface area contributed by atoms with E-state index >= 15 is 0 Å². The second-order valence-electron chi connectivity index (χ2n) is 8.24. The number of carbonyl (C=O) groups is 2. The smallest absolute Gasteiger partial charge is 0.253 e. The highest BCUT2D eigenvalue weighted by Gasteiger charge is 2.30. The molecule has 0 fully saturated rings. The van der Waals surface area contributed by atoms with Crippen LogP contribution in [-0.4, -0.2) is 40.5 Å². The molecule has 3 rings (SSSR count). The van der Waals surface area contributed by atoms with Crippen LogP contribution in [0.1, 0.15) is 35.5 Å². The molecule has 1 aromatic heterocycles. The number of hydrogen-bond acceptors (Lipinski definition) is 5. The third-order valence-electron chi connectivity index (χ3n) is 5.12. The van der Waals surface area contributed by atoms with Crippen molar-refractivity contribution in [3.05, 3.63) is 71.4 Å². The Balaban J connectivity index is 1.67. The van der Waals surface area contributed by atoms with Gasteiger partial charge >= 0.3 is 0 Å². The largest absolute Gasteiger partial charge is 0.489 e. The van der Waals surface area contributed by atoms with Crippen LogP contribution in [0, 0.1) is 12.3 Å². The number of para-hydroxylation sites is 1. The predicted octanol–water partition coefficient (Wildman–Crippen LogP) is 3.73. The van der Waals surface area contributed by atoms with Crippen LogP contribution in [0.3, 0.4) is 0 Å². The molecule has 0 aliphatic heterocycles. The van der Waals surface area contributed by atoms with Crippen molar-refractivity contribution in [1.82, 2.24) is 15.4 Å². The number of aryl methyl sites for hydroxylation is 1. The van der Waals surface area contributed by atoms with Gasteiger partial charge in [0.25, 0.3) is 11.8 Å². The second kappa shape index (κ2) is 9.14. The van der Waals surface area contributed by atoms with Crippen LogP contribution in [0.5, 0.6) is 5.75 Å². The number of hydroxylamine groups is 1. The first-order chi connectivity index (χ1) is 14.7. The van der Waals surface area contributed by atoms with Gasteiger partial charge < -0.3 is 9.64 Å². The van der Waals surface area contributed by atoms with E-state index in [0.29, 0.717) is 17.9 Å². The maximum absolute atomic E-state index is 12.7. The van der Waals surface area contributed by atoms with Crippen molar-refractivity contribution in [3.63, 3.8) is 0 Å². The third-order valence-corrected chi connectivity index (χ3v) is 5.12. The van der Waals surface area contributed by atoms with Gasteiger partial charge in [-0.1, -0.05) is 18.2 Å². The van der Waals surface area contributed by atoms with E-state index in [0.717, 1.165) is 22.2 Å². The van der Waals surface area contributed by atoms with Crippen molar-refractivity contribution >= 4 is 22.7 Å². The summed E-state index contributed by atoms with van der Waals surface area (Å²) >= 11 is 0. The average molecular weight is 421 g/mol. The molecule has 3 aromatic rings. The van der Waals surface area contributed by atoms with Gasteiger partial charge in [0.05, 0.1) is 10.9 Å². The van der Waals surface area contributed by atoms with Gasteiger partial charge in [0.2, 0.25) is 0 Å². The molecular formula is C24H27N3O4. The van der Waals surface area contributed by atoms with E-state index in [4.69, 9.17) is 9.94 Å². The number of carbonyl (C=O) groups excluding carboxylic acids is 2. The van der Waals surface area contributed by atoms with E-state index in [1.54, 1.807) is 50.6 Å². The zero-order valence-corrected chi connectivity index (χ0v) is 18.2. The van der Waals surface area contributed by atoms with Crippen molar-refractivity contribution in [2.24, 2.45) is 5.41 Å². The van der Waals surface area contributed by atoms with Crippen molar-refractivity contribution in [3.8, 4) is 5.75 Å². The maximum atomic E-state index is 12.7. The van der Waals surface area contributed by atoms with Crippen molar-refractivity contribution < 1.29 is 19.5 Å². The summed E-state index contributed by atoms with van der Waals surface area (Å²) < 4.78 is 5.94. The lowest BCUT2D eigenvalue weighted by Crippen LogP contribution is -2.44. The monoisotopic (exact) mass is 421 g/mol. The van der Waals surface area contributed by atoms with Crippen LogP contribution in [0.25, 0.3) is 10.9 Å². The Morgan fingerprint density at radius 2 is 1.81 bits per heavy atom. The van der Waals surface area contributed by atoms with Gasteiger partial charge in [-0.3, -0.25) is 19.8 Å². The van der Waals surface area contributed by atoms with Crippen LogP contribution < -0.4 is 10.2 Å². The van der Waals surface area contributed by atoms with E-state index in [9.17, 15) is 9.59 Å². The number of benzene rings is 2. The summed E-state index contributed by atoms with van der Waals surface area (Å²) in [4.78, 5) is 30.4. The van der Waals surface area contributed by atoms with E-state index in [1.165, 1.54) is 4.90 Å². The molecule has 0 atom stereocenters. The Bertz CT molecular complexity index is 1090. The summed E-state index contributed by atoms with van der Waals surface area (Å²) in [6.07, 6.45) is 0. The fraction of sp³-hybridized carbons (Fsp3) is 0.292. The molecule has 0 aliphatic carbocycles. The van der Waals surface area contributed by atoms with Gasteiger partial charge in [-0.05, 0) is 57.2 Å². The number of nitrogens with one attached hydrogen (secondary N) is 1. The molecule has 0 radical (unpaired) electrons. The topological polar surface area (TPSA) is 91.8 Å². The predicted molar refractivity (Wildman–Crippen MR) is 118 cm³/mol. The van der Waals surface area contributed by atoms with Crippen molar-refractivity contribution in [2.45, 2.75) is 27.4 Å². The molecule has 162 valence electrons. The number of pyridine rings is 1. The van der Waals surface area contributed by atoms with Gasteiger partial charge in [0, 0.05) is 35.8 Å². The number of nitrogens with zero attached hydrogens (tertiary/aromatic N) is 2. The normalized spacial score (nSPS) is 11.3. The Morgan fingerprint density at radius 3 is 2.48 bits per heavy atom. The molecule has 2 aromatic carbocycles. The van der Waals surface area contributed by atoms with Crippen LogP contribution in [-0.2, 0) is 11.4 Å². The van der Waals surface area contributed by atoms with E-state index in [1.807, 2.05) is 37.3 Å². The Hall–Kier alpha value is -3.45. The zero-order chi connectivity index (χ0) is 22.6. The lowest BCUT2D eigenvalue weighted by molar-refractivity contribution is -0.138. The van der Waals surface area contributed by atoms with Crippen LogP contribution in [0.2, 0.25) is 0 Å². The number of fused-ring (bicyclic) bond motifs is 1. The minimum atomic E-state index is -0.923. The fourth-order valence-electron chi connectivity index (χ4n) is 3.48. The summed E-state index contributed by atoms with van der Waals surface area (Å²) in [6, 6.07) is 16.9. The highest BCUT2D eigenvalue weighted by atomic mass is 16.5. The summed E-state index contributed by atoms with van der Waals surface area (Å²) in [7, 11) is 1.62. The zero-order valence-electron chi connectivity index (χ0n) is 18.2. The SMILES string of the molecule is Cc1cc(COc2ccc(C(=O)N(C)CC(C)(C)C(=O)NO)cc2)c2ccccc2n1. The highest BCUT2D eigenvalue weighted by Crippen LogP contribution is 2.22. The minimum Gasteiger partial charge on any atom is -0.489 e. The molecule has 7 heteroatoms. The molecule has 0 saturated heterocycles. The van der Waals surface area contributed by atoms with E-state index in [-0.39, 0.29) is 12.5 Å². The first-order valence-corrected chi connectivity index (χ1v) is 9.99. The molecule has 7 nitrogen and oxygen atoms in total. The molecule has 0 saturated carbocycles. The highest BCUT2D eigenvalue weighted by molar-refractivity contribution is 5.94. The fourth-order valence-corrected chi connectivity index (χ4v) is 3.48. The standard InChI is InChI=1S/C24H27N3O4/c1-16-13-18(20-7-5-6-8-21(20)25-16)14-31-19-11-9-17(10-12-19)22(28)27(4)15-24(2,3)23(29)26-30/h5-13,30H,14-15H2,1-4H3,(H,26,29). The second-order valence-corrected chi connectivity index (χ2v) is 8.24. The summed E-state index contributed by atoms with van der Waals surface area (Å²) in [5, 5.41) is 9.91. The van der Waals surface area contributed by atoms with Gasteiger partial charge in [-0.25, -0.2) is 5.48 Å². The molecule has 31 heavy (non-hydrogen) atoms. The van der Waals surface area contributed by atoms with Crippen LogP contribution >= 0.6 is 0 Å². The van der Waals surface area contributed by atoms with Crippen LogP contribution in [0.4, 0.5) is 0 Å². The van der Waals surface area contributed by atoms with Gasteiger partial charge in [-0.2, -0.15) is 0 Å². The van der Waals surface area contributed by atoms with Gasteiger partial charge in [0.1, 0.15) is 12.4 Å². The van der Waals surface area contributed by atoms with Crippen molar-refractivity contribution in [2.75, 3.05) is 13.6 Å². The summed E-state index contributed by atoms with van der Waals surface area (Å²) in [6.45, 7) is 5.82. The van der Waals surface area contributed by atoms with Crippen LogP contribution in [0.15, 0.2) is 54.6 Å². The average Bonchev–Trinajstić information content (AvgIpc) is 2.76. The molecule has 0 bridgehead atoms. The molecule has 1 heterocycles. The lowest BCUT2D eigenvalue weighted by atomic mass is 9.92. The number of hydrogen-bond donors (Lipinski definition) is 2. The number of amides is 2. The van der Waals surface area contributed by atoms with Gasteiger partial charge in [-0.15, -0.1) is 0 Å². The first kappa shape index (κ1) is 22.2. The summed E-state index contributed by atoms with van der Waals surface area (Å²) in [5.74, 6) is -0.117. The first-order valence-electron chi connectivity index (χ1n) is 9.99. The van der Waals surface area contributed by atoms with Gasteiger partial charge in [0.15, 0.2) is 0 Å². The number of aromatic nitrogens is 1. The lowest BCUT2D eigenvalue weighted by Gasteiger charge is -2.28. The summed E-state index contributed by atoms with van der Waals surface area (Å²) in [5.41, 5.74) is 4.12. The Labute approximate surface area is 181 Å². The molecular weight excluding hydrogens is 394 g/mol. The Kier molecular flexibility index (Phi) is 6.56. The maximum Gasteiger partial charge on any atom is 0.253 e. The molecule has 0 aliphatic rings. The molecule has 0 spiro atoms. The number of ether oxygens (including phenoxy) is 1. The minimum absolute atomic E-state index is 0.158. The Morgan fingerprint density at radius 1 is 1.13 bits per heavy atom.